The van der Waals surface area contributed by atoms with Crippen molar-refractivity contribution in [2.45, 2.75) is 60.5 Å². The van der Waals surface area contributed by atoms with Crippen LogP contribution in [0, 0.1) is 21.4 Å². The van der Waals surface area contributed by atoms with Crippen LogP contribution in [-0.2, 0) is 24.3 Å². The van der Waals surface area contributed by atoms with E-state index in [2.05, 4.69) is 11.4 Å². The lowest BCUT2D eigenvalue weighted by Gasteiger charge is -2.32. The summed E-state index contributed by atoms with van der Waals surface area (Å²) in [5.74, 6) is -1.66. The number of benzene rings is 1. The van der Waals surface area contributed by atoms with Crippen molar-refractivity contribution in [1.82, 2.24) is 10.0 Å². The summed E-state index contributed by atoms with van der Waals surface area (Å²) in [5.41, 5.74) is -1.36. The summed E-state index contributed by atoms with van der Waals surface area (Å²) in [5, 5.41) is 23.2. The van der Waals surface area contributed by atoms with Crippen LogP contribution in [0.5, 0.6) is 0 Å². The Morgan fingerprint density at radius 1 is 1.34 bits per heavy atom. The predicted molar refractivity (Wildman–Crippen MR) is 115 cm³/mol. The van der Waals surface area contributed by atoms with Crippen molar-refractivity contribution in [3.63, 3.8) is 0 Å². The molecule has 1 aliphatic rings. The number of carbonyl (C=O) groups excluding carboxylic acids is 2. The summed E-state index contributed by atoms with van der Waals surface area (Å²) in [7, 11) is -4.24. The Balaban J connectivity index is 1.96. The van der Waals surface area contributed by atoms with Crippen LogP contribution in [0.2, 0.25) is 0 Å². The minimum atomic E-state index is -4.24. The van der Waals surface area contributed by atoms with Gasteiger partial charge in [0.25, 0.3) is 11.6 Å². The molecule has 1 aromatic carbocycles. The van der Waals surface area contributed by atoms with Gasteiger partial charge in [0.2, 0.25) is 10.0 Å². The SMILES string of the molecule is CSc1ccc(S(=O)(=O)NCC(=O)O[C@H](C)C(=O)NC2(C#N)CCCCC2)cc1[N+](=O)[O-]. The molecule has 0 radical (unpaired) electrons. The molecule has 2 rings (SSSR count). The molecule has 2 N–H and O–H groups in total. The molecule has 0 bridgehead atoms. The van der Waals surface area contributed by atoms with E-state index < -0.39 is 45.0 Å². The molecule has 0 heterocycles. The van der Waals surface area contributed by atoms with Gasteiger partial charge in [-0.2, -0.15) is 9.98 Å². The smallest absolute Gasteiger partial charge is 0.321 e. The molecule has 13 heteroatoms. The Morgan fingerprint density at radius 3 is 2.56 bits per heavy atom. The van der Waals surface area contributed by atoms with Crippen molar-refractivity contribution >= 4 is 39.3 Å². The van der Waals surface area contributed by atoms with Crippen LogP contribution in [-0.4, -0.2) is 49.7 Å². The summed E-state index contributed by atoms with van der Waals surface area (Å²) < 4.78 is 31.8. The summed E-state index contributed by atoms with van der Waals surface area (Å²) in [6.45, 7) is 0.543. The first-order valence-electron chi connectivity index (χ1n) is 9.78. The largest absolute Gasteiger partial charge is 0.452 e. The molecule has 32 heavy (non-hydrogen) atoms. The molecule has 0 unspecified atom stereocenters. The van der Waals surface area contributed by atoms with Crippen LogP contribution in [0.25, 0.3) is 0 Å². The maximum atomic E-state index is 12.4. The third-order valence-electron chi connectivity index (χ3n) is 5.02. The van der Waals surface area contributed by atoms with Crippen molar-refractivity contribution in [3.05, 3.63) is 28.3 Å². The predicted octanol–water partition coefficient (Wildman–Crippen LogP) is 1.87. The van der Waals surface area contributed by atoms with Gasteiger partial charge in [0.1, 0.15) is 12.1 Å². The van der Waals surface area contributed by atoms with E-state index in [0.29, 0.717) is 17.7 Å². The van der Waals surface area contributed by atoms with Crippen molar-refractivity contribution in [1.29, 1.82) is 5.26 Å². The van der Waals surface area contributed by atoms with Gasteiger partial charge in [-0.05, 0) is 38.2 Å². The number of rotatable bonds is 9. The Hall–Kier alpha value is -2.69. The van der Waals surface area contributed by atoms with Crippen molar-refractivity contribution in [2.75, 3.05) is 12.8 Å². The molecule has 1 fully saturated rings. The highest BCUT2D eigenvalue weighted by molar-refractivity contribution is 7.98. The van der Waals surface area contributed by atoms with Crippen LogP contribution < -0.4 is 10.0 Å². The van der Waals surface area contributed by atoms with Crippen molar-refractivity contribution in [3.8, 4) is 6.07 Å². The number of nitro groups is 1. The van der Waals surface area contributed by atoms with Gasteiger partial charge in [0, 0.05) is 6.07 Å². The lowest BCUT2D eigenvalue weighted by atomic mass is 9.83. The molecule has 0 spiro atoms. The number of nitriles is 1. The van der Waals surface area contributed by atoms with E-state index in [4.69, 9.17) is 4.74 Å². The first-order valence-corrected chi connectivity index (χ1v) is 12.5. The lowest BCUT2D eigenvalue weighted by Crippen LogP contribution is -2.52. The number of nitrogens with zero attached hydrogens (tertiary/aromatic N) is 2. The third-order valence-corrected chi connectivity index (χ3v) is 7.21. The van der Waals surface area contributed by atoms with Gasteiger partial charge >= 0.3 is 5.97 Å². The normalized spacial score (nSPS) is 16.4. The second-order valence-electron chi connectivity index (χ2n) is 7.29. The zero-order chi connectivity index (χ0) is 23.9. The Morgan fingerprint density at radius 2 is 2.00 bits per heavy atom. The standard InChI is InChI=1S/C19H24N4O7S2/c1-13(18(25)22-19(12-20)8-4-3-5-9-19)30-17(24)11-21-32(28,29)14-6-7-16(31-2)15(10-14)23(26)27/h6-7,10,13,21H,3-5,8-9,11H2,1-2H3,(H,22,25)/t13-/m1/s1. The first kappa shape index (κ1) is 25.6. The Kier molecular flexibility index (Phi) is 8.59. The number of sulfonamides is 1. The van der Waals surface area contributed by atoms with Crippen LogP contribution in [0.3, 0.4) is 0 Å². The molecule has 1 aliphatic carbocycles. The highest BCUT2D eigenvalue weighted by atomic mass is 32.2. The average Bonchev–Trinajstić information content (AvgIpc) is 2.77. The van der Waals surface area contributed by atoms with Gasteiger partial charge in [0.15, 0.2) is 6.10 Å². The summed E-state index contributed by atoms with van der Waals surface area (Å²) in [6.07, 6.45) is 4.00. The molecule has 174 valence electrons. The van der Waals surface area contributed by atoms with Gasteiger partial charge in [-0.25, -0.2) is 8.42 Å². The van der Waals surface area contributed by atoms with Crippen LogP contribution in [0.4, 0.5) is 5.69 Å². The number of hydrogen-bond acceptors (Lipinski definition) is 9. The fourth-order valence-electron chi connectivity index (χ4n) is 3.27. The maximum absolute atomic E-state index is 12.4. The minimum Gasteiger partial charge on any atom is -0.452 e. The monoisotopic (exact) mass is 484 g/mol. The average molecular weight is 485 g/mol. The highest BCUT2D eigenvalue weighted by Gasteiger charge is 2.35. The number of thioether (sulfide) groups is 1. The molecule has 0 saturated heterocycles. The van der Waals surface area contributed by atoms with E-state index in [1.807, 2.05) is 4.72 Å². The fraction of sp³-hybridized carbons (Fsp3) is 0.526. The highest BCUT2D eigenvalue weighted by Crippen LogP contribution is 2.30. The molecule has 1 amide bonds. The molecular formula is C19H24N4O7S2. The zero-order valence-electron chi connectivity index (χ0n) is 17.6. The number of hydrogen-bond donors (Lipinski definition) is 2. The van der Waals surface area contributed by atoms with E-state index in [1.165, 1.54) is 19.1 Å². The Bertz CT molecular complexity index is 1030. The van der Waals surface area contributed by atoms with Gasteiger partial charge in [-0.15, -0.1) is 11.8 Å². The van der Waals surface area contributed by atoms with E-state index in [0.717, 1.165) is 37.1 Å². The number of amides is 1. The molecule has 1 aromatic rings. The van der Waals surface area contributed by atoms with Crippen molar-refractivity contribution in [2.24, 2.45) is 0 Å². The quantitative estimate of drug-likeness (QED) is 0.230. The van der Waals surface area contributed by atoms with Gasteiger partial charge < -0.3 is 10.1 Å². The molecule has 1 saturated carbocycles. The van der Waals surface area contributed by atoms with E-state index >= 15 is 0 Å². The third kappa shape index (κ3) is 6.41. The van der Waals surface area contributed by atoms with E-state index in [9.17, 15) is 33.4 Å². The fourth-order valence-corrected chi connectivity index (χ4v) is 4.80. The summed E-state index contributed by atoms with van der Waals surface area (Å²) >= 11 is 1.10. The van der Waals surface area contributed by atoms with Crippen molar-refractivity contribution < 1.29 is 27.7 Å². The van der Waals surface area contributed by atoms with Crippen LogP contribution in [0.15, 0.2) is 28.0 Å². The van der Waals surface area contributed by atoms with E-state index in [-0.39, 0.29) is 10.6 Å². The summed E-state index contributed by atoms with van der Waals surface area (Å²) in [4.78, 5) is 34.8. The second-order valence-corrected chi connectivity index (χ2v) is 9.91. The van der Waals surface area contributed by atoms with Gasteiger partial charge in [0.05, 0.1) is 20.8 Å². The number of nitro benzene ring substituents is 1. The molecule has 11 nitrogen and oxygen atoms in total. The topological polar surface area (TPSA) is 168 Å². The maximum Gasteiger partial charge on any atom is 0.321 e. The van der Waals surface area contributed by atoms with E-state index in [1.54, 1.807) is 6.26 Å². The molecule has 0 aromatic heterocycles. The Labute approximate surface area is 190 Å². The first-order chi connectivity index (χ1) is 15.0. The number of carbonyl (C=O) groups is 2. The van der Waals surface area contributed by atoms with Gasteiger partial charge in [-0.3, -0.25) is 19.7 Å². The second kappa shape index (κ2) is 10.8. The molecule has 0 aliphatic heterocycles. The molecular weight excluding hydrogens is 460 g/mol. The number of ether oxygens (including phenoxy) is 1. The summed E-state index contributed by atoms with van der Waals surface area (Å²) in [6, 6.07) is 5.52. The molecule has 1 atom stereocenters. The lowest BCUT2D eigenvalue weighted by molar-refractivity contribution is -0.388. The minimum absolute atomic E-state index is 0.293. The number of nitrogens with one attached hydrogen (secondary N) is 2. The number of esters is 1. The zero-order valence-corrected chi connectivity index (χ0v) is 19.3. The van der Waals surface area contributed by atoms with Crippen LogP contribution >= 0.6 is 11.8 Å². The van der Waals surface area contributed by atoms with Gasteiger partial charge in [-0.1, -0.05) is 19.3 Å². The van der Waals surface area contributed by atoms with Crippen LogP contribution in [0.1, 0.15) is 39.0 Å².